The zero-order valence-corrected chi connectivity index (χ0v) is 23.0. The maximum Gasteiger partial charge on any atom is 0.306 e. The molecular formula is C33H35FN2O6. The Morgan fingerprint density at radius 3 is 2.19 bits per heavy atom. The largest absolute Gasteiger partial charge is 0.481 e. The van der Waals surface area contributed by atoms with Gasteiger partial charge in [-0.3, -0.25) is 14.8 Å². The Hall–Kier alpha value is -4.31. The van der Waals surface area contributed by atoms with E-state index >= 15 is 0 Å². The molecule has 4 aromatic rings. The van der Waals surface area contributed by atoms with Crippen molar-refractivity contribution in [3.63, 3.8) is 0 Å². The second kappa shape index (κ2) is 14.0. The number of carboxylic acids is 1. The van der Waals surface area contributed by atoms with Crippen LogP contribution < -0.4 is 5.32 Å². The first-order valence-electron chi connectivity index (χ1n) is 15.8. The zero-order chi connectivity index (χ0) is 34.7. The molecule has 1 amide bonds. The SMILES string of the molecule is [2H]C([2H])(C(=O)O)[C@]([2H])(OO)C([2H])([2H])[C@H](O)CCn1c(-c2ccc(F)cc2)c(-c2ccccc2)c(C(=O)Nc2ccccc2)c1C(C)C. The number of para-hydroxylation sites is 1. The fourth-order valence-electron chi connectivity index (χ4n) is 4.87. The molecule has 0 radical (unpaired) electrons. The van der Waals surface area contributed by atoms with E-state index in [9.17, 15) is 29.4 Å². The molecule has 220 valence electrons. The summed E-state index contributed by atoms with van der Waals surface area (Å²) >= 11 is 0. The molecule has 9 heteroatoms. The van der Waals surface area contributed by atoms with Gasteiger partial charge in [-0.15, -0.1) is 0 Å². The van der Waals surface area contributed by atoms with Crippen LogP contribution >= 0.6 is 0 Å². The smallest absolute Gasteiger partial charge is 0.306 e. The van der Waals surface area contributed by atoms with Gasteiger partial charge in [-0.1, -0.05) is 62.4 Å². The maximum atomic E-state index is 14.2. The Morgan fingerprint density at radius 2 is 1.62 bits per heavy atom. The number of rotatable bonds is 13. The van der Waals surface area contributed by atoms with Gasteiger partial charge in [-0.25, -0.2) is 9.28 Å². The third-order valence-electron chi connectivity index (χ3n) is 6.52. The van der Waals surface area contributed by atoms with Crippen LogP contribution in [0.5, 0.6) is 0 Å². The monoisotopic (exact) mass is 579 g/mol. The molecule has 4 rings (SSSR count). The molecule has 0 saturated carbocycles. The molecule has 0 aliphatic rings. The van der Waals surface area contributed by atoms with E-state index in [1.54, 1.807) is 65.2 Å². The number of aliphatic hydroxyl groups is 1. The molecule has 8 nitrogen and oxygen atoms in total. The lowest BCUT2D eigenvalue weighted by Gasteiger charge is -2.20. The number of carbonyl (C=O) groups excluding carboxylic acids is 1. The number of anilines is 1. The Bertz CT molecular complexity index is 1720. The van der Waals surface area contributed by atoms with Crippen molar-refractivity contribution in [1.29, 1.82) is 0 Å². The zero-order valence-electron chi connectivity index (χ0n) is 28.0. The Morgan fingerprint density at radius 1 is 1.00 bits per heavy atom. The van der Waals surface area contributed by atoms with Gasteiger partial charge in [0.2, 0.25) is 0 Å². The number of nitrogens with zero attached hydrogens (tertiary/aromatic N) is 1. The molecule has 0 spiro atoms. The quantitative estimate of drug-likeness (QED) is 0.102. The Labute approximate surface area is 251 Å². The first-order valence-corrected chi connectivity index (χ1v) is 13.3. The van der Waals surface area contributed by atoms with E-state index in [2.05, 4.69) is 10.2 Å². The van der Waals surface area contributed by atoms with Crippen molar-refractivity contribution < 1.29 is 41.2 Å². The normalized spacial score (nSPS) is 15.9. The van der Waals surface area contributed by atoms with Gasteiger partial charge >= 0.3 is 5.97 Å². The summed E-state index contributed by atoms with van der Waals surface area (Å²) in [6.07, 6.45) is -13.8. The minimum atomic E-state index is -3.79. The van der Waals surface area contributed by atoms with Crippen LogP contribution in [0, 0.1) is 5.82 Å². The van der Waals surface area contributed by atoms with Crippen molar-refractivity contribution in [2.75, 3.05) is 5.32 Å². The average molecular weight is 580 g/mol. The molecule has 0 fully saturated rings. The number of amides is 1. The summed E-state index contributed by atoms with van der Waals surface area (Å²) in [4.78, 5) is 29.6. The number of benzene rings is 3. The second-order valence-electron chi connectivity index (χ2n) is 9.78. The molecule has 0 aliphatic carbocycles. The van der Waals surface area contributed by atoms with Gasteiger partial charge in [0.25, 0.3) is 5.91 Å². The number of aliphatic carboxylic acids is 1. The summed E-state index contributed by atoms with van der Waals surface area (Å²) in [5.41, 5.74) is 3.29. The number of aromatic nitrogens is 1. The lowest BCUT2D eigenvalue weighted by Crippen LogP contribution is -2.24. The molecule has 0 unspecified atom stereocenters. The highest BCUT2D eigenvalue weighted by Crippen LogP contribution is 2.42. The van der Waals surface area contributed by atoms with Crippen molar-refractivity contribution in [3.8, 4) is 22.4 Å². The third-order valence-corrected chi connectivity index (χ3v) is 6.52. The topological polar surface area (TPSA) is 121 Å². The highest BCUT2D eigenvalue weighted by molar-refractivity contribution is 6.12. The van der Waals surface area contributed by atoms with Crippen LogP contribution in [0.25, 0.3) is 22.4 Å². The van der Waals surface area contributed by atoms with Gasteiger partial charge in [0.15, 0.2) is 0 Å². The van der Waals surface area contributed by atoms with Crippen molar-refractivity contribution in [1.82, 2.24) is 4.57 Å². The number of hydrogen-bond acceptors (Lipinski definition) is 5. The summed E-state index contributed by atoms with van der Waals surface area (Å²) in [6, 6.07) is 23.2. The van der Waals surface area contributed by atoms with Crippen LogP contribution in [0.2, 0.25) is 0 Å². The van der Waals surface area contributed by atoms with Crippen LogP contribution in [0.3, 0.4) is 0 Å². The van der Waals surface area contributed by atoms with Crippen LogP contribution in [0.1, 0.15) is 61.8 Å². The number of nitrogens with one attached hydrogen (secondary N) is 1. The Balaban J connectivity index is 1.95. The summed E-state index contributed by atoms with van der Waals surface area (Å²) in [5.74, 6) is -3.61. The number of halogens is 1. The molecule has 0 saturated heterocycles. The molecule has 42 heavy (non-hydrogen) atoms. The fourth-order valence-corrected chi connectivity index (χ4v) is 4.87. The van der Waals surface area contributed by atoms with Crippen LogP contribution in [-0.4, -0.2) is 44.1 Å². The molecule has 2 atom stereocenters. The van der Waals surface area contributed by atoms with E-state index in [0.717, 1.165) is 0 Å². The van der Waals surface area contributed by atoms with E-state index in [1.807, 2.05) is 13.8 Å². The Kier molecular flexibility index (Phi) is 8.13. The first-order chi connectivity index (χ1) is 22.1. The summed E-state index contributed by atoms with van der Waals surface area (Å²) < 4.78 is 56.3. The van der Waals surface area contributed by atoms with E-state index in [4.69, 9.17) is 6.85 Å². The highest BCUT2D eigenvalue weighted by Gasteiger charge is 2.31. The molecular weight excluding hydrogens is 539 g/mol. The first kappa shape index (κ1) is 24.3. The van der Waals surface area contributed by atoms with Crippen molar-refractivity contribution >= 4 is 17.6 Å². The summed E-state index contributed by atoms with van der Waals surface area (Å²) in [6.45, 7) is 3.43. The van der Waals surface area contributed by atoms with Crippen LogP contribution in [0.15, 0.2) is 84.9 Å². The summed E-state index contributed by atoms with van der Waals surface area (Å²) in [7, 11) is 0. The highest BCUT2D eigenvalue weighted by atomic mass is 19.1. The molecule has 1 heterocycles. The number of carboxylic acid groups (broad SMARTS) is 1. The second-order valence-corrected chi connectivity index (χ2v) is 9.78. The lowest BCUT2D eigenvalue weighted by atomic mass is 9.94. The predicted molar refractivity (Wildman–Crippen MR) is 159 cm³/mol. The van der Waals surface area contributed by atoms with E-state index < -0.39 is 49.0 Å². The molecule has 1 aromatic heterocycles. The molecule has 0 aliphatic heterocycles. The third kappa shape index (κ3) is 7.30. The van der Waals surface area contributed by atoms with Crippen molar-refractivity contribution in [2.24, 2.45) is 0 Å². The van der Waals surface area contributed by atoms with E-state index in [0.29, 0.717) is 33.8 Å². The molecule has 3 aromatic carbocycles. The molecule has 4 N–H and O–H groups in total. The minimum Gasteiger partial charge on any atom is -0.481 e. The summed E-state index contributed by atoms with van der Waals surface area (Å²) in [5, 5.41) is 32.7. The van der Waals surface area contributed by atoms with Crippen molar-refractivity contribution in [3.05, 3.63) is 102 Å². The van der Waals surface area contributed by atoms with Gasteiger partial charge in [-0.05, 0) is 59.9 Å². The van der Waals surface area contributed by atoms with E-state index in [1.165, 1.54) is 24.3 Å². The van der Waals surface area contributed by atoms with Crippen LogP contribution in [-0.2, 0) is 16.2 Å². The van der Waals surface area contributed by atoms with Gasteiger partial charge in [-0.2, -0.15) is 0 Å². The minimum absolute atomic E-state index is 0.239. The fraction of sp³-hybridized carbons (Fsp3) is 0.273. The van der Waals surface area contributed by atoms with Crippen molar-refractivity contribution in [2.45, 2.75) is 57.7 Å². The number of carbonyl (C=O) groups is 2. The average Bonchev–Trinajstić information content (AvgIpc) is 3.39. The van der Waals surface area contributed by atoms with Gasteiger partial charge in [0.1, 0.15) is 11.9 Å². The van der Waals surface area contributed by atoms with Crippen LogP contribution in [0.4, 0.5) is 10.1 Å². The molecule has 0 bridgehead atoms. The number of aliphatic hydroxyl groups excluding tert-OH is 1. The van der Waals surface area contributed by atoms with Gasteiger partial charge in [0.05, 0.1) is 25.1 Å². The number of hydrogen-bond donors (Lipinski definition) is 4. The predicted octanol–water partition coefficient (Wildman–Crippen LogP) is 6.81. The maximum absolute atomic E-state index is 14.2. The lowest BCUT2D eigenvalue weighted by molar-refractivity contribution is -0.284. The standard InChI is InChI=1S/C33H35FN2O6/c1-21(2)31-30(33(40)35-25-11-7-4-8-12-25)29(22-9-5-3-6-10-22)32(23-13-15-24(34)16-14-23)36(31)18-17-26(37)19-27(42-41)20-28(38)39/h3-16,21,26-27,37,41H,17-20H2,1-2H3,(H,35,40)(H,38,39)/t26-,27-/m1/s1/i19D2,20D2,27D. The van der Waals surface area contributed by atoms with E-state index in [-0.39, 0.29) is 18.0 Å². The van der Waals surface area contributed by atoms with Gasteiger partial charge < -0.3 is 20.1 Å². The van der Waals surface area contributed by atoms with Gasteiger partial charge in [0, 0.05) is 35.3 Å².